The third-order valence-electron chi connectivity index (χ3n) is 2.59. The van der Waals surface area contributed by atoms with Crippen LogP contribution in [-0.4, -0.2) is 5.71 Å². The molecule has 0 bridgehead atoms. The van der Waals surface area contributed by atoms with Crippen LogP contribution in [0.1, 0.15) is 43.4 Å². The SMILES string of the molecule is CCCCc1c(C)cccc1C(C)=N. The summed E-state index contributed by atoms with van der Waals surface area (Å²) in [5, 5.41) is 7.71. The summed E-state index contributed by atoms with van der Waals surface area (Å²) in [4.78, 5) is 0. The Labute approximate surface area is 86.7 Å². The Balaban J connectivity index is 3.02. The molecule has 1 nitrogen and oxygen atoms in total. The summed E-state index contributed by atoms with van der Waals surface area (Å²) >= 11 is 0. The van der Waals surface area contributed by atoms with Crippen LogP contribution in [0.3, 0.4) is 0 Å². The average molecular weight is 189 g/mol. The maximum absolute atomic E-state index is 7.71. The zero-order valence-corrected chi connectivity index (χ0v) is 9.35. The molecule has 14 heavy (non-hydrogen) atoms. The van der Waals surface area contributed by atoms with Crippen LogP contribution in [0.2, 0.25) is 0 Å². The van der Waals surface area contributed by atoms with Crippen LogP contribution >= 0.6 is 0 Å². The molecule has 0 atom stereocenters. The van der Waals surface area contributed by atoms with Crippen LogP contribution in [0, 0.1) is 12.3 Å². The summed E-state index contributed by atoms with van der Waals surface area (Å²) in [6.07, 6.45) is 3.53. The van der Waals surface area contributed by atoms with E-state index in [0.717, 1.165) is 12.0 Å². The van der Waals surface area contributed by atoms with Crippen molar-refractivity contribution in [3.8, 4) is 0 Å². The van der Waals surface area contributed by atoms with Gasteiger partial charge in [0, 0.05) is 5.71 Å². The van der Waals surface area contributed by atoms with Crippen molar-refractivity contribution in [3.05, 3.63) is 34.9 Å². The number of hydrogen-bond donors (Lipinski definition) is 1. The molecule has 76 valence electrons. The molecule has 0 aliphatic rings. The van der Waals surface area contributed by atoms with Gasteiger partial charge in [-0.1, -0.05) is 31.5 Å². The number of hydrogen-bond acceptors (Lipinski definition) is 1. The van der Waals surface area contributed by atoms with E-state index in [1.54, 1.807) is 0 Å². The van der Waals surface area contributed by atoms with Gasteiger partial charge in [0.1, 0.15) is 0 Å². The molecule has 0 radical (unpaired) electrons. The Bertz CT molecular complexity index is 326. The van der Waals surface area contributed by atoms with Crippen molar-refractivity contribution < 1.29 is 0 Å². The van der Waals surface area contributed by atoms with Gasteiger partial charge >= 0.3 is 0 Å². The van der Waals surface area contributed by atoms with Gasteiger partial charge in [0.2, 0.25) is 0 Å². The predicted molar refractivity (Wildman–Crippen MR) is 62.3 cm³/mol. The maximum atomic E-state index is 7.71. The smallest absolute Gasteiger partial charge is 0.0358 e. The standard InChI is InChI=1S/C13H19N/c1-4-5-8-12-10(2)7-6-9-13(12)11(3)14/h6-7,9,14H,4-5,8H2,1-3H3. The van der Waals surface area contributed by atoms with E-state index >= 15 is 0 Å². The fourth-order valence-corrected chi connectivity index (χ4v) is 1.74. The molecule has 0 aliphatic carbocycles. The quantitative estimate of drug-likeness (QED) is 0.698. The fourth-order valence-electron chi connectivity index (χ4n) is 1.74. The number of aryl methyl sites for hydroxylation is 1. The van der Waals surface area contributed by atoms with Gasteiger partial charge in [0.15, 0.2) is 0 Å². The number of nitrogens with one attached hydrogen (secondary N) is 1. The molecule has 0 aromatic heterocycles. The molecule has 1 aromatic rings. The second-order valence-corrected chi connectivity index (χ2v) is 3.83. The van der Waals surface area contributed by atoms with Crippen molar-refractivity contribution >= 4 is 5.71 Å². The molecular weight excluding hydrogens is 170 g/mol. The minimum atomic E-state index is 0.680. The normalized spacial score (nSPS) is 10.2. The number of benzene rings is 1. The Hall–Kier alpha value is -1.11. The van der Waals surface area contributed by atoms with Gasteiger partial charge in [-0.3, -0.25) is 0 Å². The van der Waals surface area contributed by atoms with Crippen LogP contribution in [0.25, 0.3) is 0 Å². The van der Waals surface area contributed by atoms with Crippen LogP contribution in [0.5, 0.6) is 0 Å². The largest absolute Gasteiger partial charge is 0.305 e. The van der Waals surface area contributed by atoms with E-state index in [1.165, 1.54) is 24.0 Å². The molecule has 0 spiro atoms. The van der Waals surface area contributed by atoms with Gasteiger partial charge in [-0.15, -0.1) is 0 Å². The fraction of sp³-hybridized carbons (Fsp3) is 0.462. The third kappa shape index (κ3) is 2.44. The molecule has 0 saturated heterocycles. The first-order valence-corrected chi connectivity index (χ1v) is 5.30. The summed E-state index contributed by atoms with van der Waals surface area (Å²) < 4.78 is 0. The molecule has 1 aromatic carbocycles. The molecule has 1 rings (SSSR count). The van der Waals surface area contributed by atoms with E-state index in [-0.39, 0.29) is 0 Å². The first-order valence-electron chi connectivity index (χ1n) is 5.30. The number of unbranched alkanes of at least 4 members (excludes halogenated alkanes) is 1. The van der Waals surface area contributed by atoms with Crippen molar-refractivity contribution in [3.63, 3.8) is 0 Å². The summed E-state index contributed by atoms with van der Waals surface area (Å²) in [6, 6.07) is 6.23. The Morgan fingerprint density at radius 2 is 2.07 bits per heavy atom. The lowest BCUT2D eigenvalue weighted by molar-refractivity contribution is 0.790. The van der Waals surface area contributed by atoms with Crippen molar-refractivity contribution in [2.24, 2.45) is 0 Å². The van der Waals surface area contributed by atoms with Crippen LogP contribution in [0.15, 0.2) is 18.2 Å². The summed E-state index contributed by atoms with van der Waals surface area (Å²) in [6.45, 7) is 6.21. The van der Waals surface area contributed by atoms with Crippen LogP contribution < -0.4 is 0 Å². The van der Waals surface area contributed by atoms with Gasteiger partial charge in [0.05, 0.1) is 0 Å². The lowest BCUT2D eigenvalue weighted by atomic mass is 9.95. The maximum Gasteiger partial charge on any atom is 0.0358 e. The van der Waals surface area contributed by atoms with E-state index in [9.17, 15) is 0 Å². The molecule has 0 aliphatic heterocycles. The van der Waals surface area contributed by atoms with Crippen molar-refractivity contribution in [1.29, 1.82) is 5.41 Å². The van der Waals surface area contributed by atoms with E-state index in [1.807, 2.05) is 13.0 Å². The van der Waals surface area contributed by atoms with Gasteiger partial charge < -0.3 is 5.41 Å². The highest BCUT2D eigenvalue weighted by Gasteiger charge is 2.05. The summed E-state index contributed by atoms with van der Waals surface area (Å²) in [7, 11) is 0. The van der Waals surface area contributed by atoms with E-state index in [0.29, 0.717) is 5.71 Å². The highest BCUT2D eigenvalue weighted by molar-refractivity contribution is 5.97. The molecule has 0 saturated carbocycles. The minimum Gasteiger partial charge on any atom is -0.305 e. The van der Waals surface area contributed by atoms with E-state index in [2.05, 4.69) is 26.0 Å². The van der Waals surface area contributed by atoms with Crippen molar-refractivity contribution in [2.45, 2.75) is 40.0 Å². The minimum absolute atomic E-state index is 0.680. The number of rotatable bonds is 4. The van der Waals surface area contributed by atoms with E-state index < -0.39 is 0 Å². The van der Waals surface area contributed by atoms with Gasteiger partial charge in [-0.05, 0) is 43.4 Å². The Kier molecular flexibility index (Phi) is 3.87. The lowest BCUT2D eigenvalue weighted by Gasteiger charge is -2.10. The molecule has 0 heterocycles. The van der Waals surface area contributed by atoms with Crippen LogP contribution in [0.4, 0.5) is 0 Å². The van der Waals surface area contributed by atoms with Crippen molar-refractivity contribution in [2.75, 3.05) is 0 Å². The highest BCUT2D eigenvalue weighted by Crippen LogP contribution is 2.17. The monoisotopic (exact) mass is 189 g/mol. The highest BCUT2D eigenvalue weighted by atomic mass is 14.4. The average Bonchev–Trinajstić information content (AvgIpc) is 2.15. The predicted octanol–water partition coefficient (Wildman–Crippen LogP) is 3.73. The molecule has 0 unspecified atom stereocenters. The summed E-state index contributed by atoms with van der Waals surface area (Å²) in [5.41, 5.74) is 4.49. The lowest BCUT2D eigenvalue weighted by Crippen LogP contribution is -2.02. The molecule has 1 N–H and O–H groups in total. The summed E-state index contributed by atoms with van der Waals surface area (Å²) in [5.74, 6) is 0. The zero-order valence-electron chi connectivity index (χ0n) is 9.35. The first-order chi connectivity index (χ1) is 6.66. The van der Waals surface area contributed by atoms with Crippen LogP contribution in [-0.2, 0) is 6.42 Å². The molecular formula is C13H19N. The van der Waals surface area contributed by atoms with Gasteiger partial charge in [-0.25, -0.2) is 0 Å². The third-order valence-corrected chi connectivity index (χ3v) is 2.59. The Morgan fingerprint density at radius 1 is 1.36 bits per heavy atom. The van der Waals surface area contributed by atoms with Gasteiger partial charge in [-0.2, -0.15) is 0 Å². The second-order valence-electron chi connectivity index (χ2n) is 3.83. The zero-order chi connectivity index (χ0) is 10.6. The first kappa shape index (κ1) is 11.0. The van der Waals surface area contributed by atoms with E-state index in [4.69, 9.17) is 5.41 Å². The molecule has 1 heteroatoms. The Morgan fingerprint density at radius 3 is 2.64 bits per heavy atom. The van der Waals surface area contributed by atoms with Crippen molar-refractivity contribution in [1.82, 2.24) is 0 Å². The molecule has 0 amide bonds. The topological polar surface area (TPSA) is 23.9 Å². The molecule has 0 fully saturated rings. The second kappa shape index (κ2) is 4.94. The van der Waals surface area contributed by atoms with Gasteiger partial charge in [0.25, 0.3) is 0 Å².